The molecule has 5 heteroatoms. The molecule has 4 rings (SSSR count). The van der Waals surface area contributed by atoms with Gasteiger partial charge in [-0.15, -0.1) is 0 Å². The van der Waals surface area contributed by atoms with Crippen LogP contribution in [0.25, 0.3) is 22.6 Å². The van der Waals surface area contributed by atoms with Gasteiger partial charge in [0.05, 0.1) is 11.0 Å². The molecule has 0 unspecified atom stereocenters. The third-order valence-electron chi connectivity index (χ3n) is 3.39. The van der Waals surface area contributed by atoms with Crippen LogP contribution in [0.2, 0.25) is 0 Å². The molecule has 0 spiro atoms. The normalized spacial score (nSPS) is 13.8. The van der Waals surface area contributed by atoms with Crippen molar-refractivity contribution < 1.29 is 13.9 Å². The van der Waals surface area contributed by atoms with Crippen molar-refractivity contribution in [3.63, 3.8) is 0 Å². The summed E-state index contributed by atoms with van der Waals surface area (Å²) in [6, 6.07) is 7.72. The highest BCUT2D eigenvalue weighted by molar-refractivity contribution is 5.82. The number of nitrogens with one attached hydrogen (secondary N) is 1. The lowest BCUT2D eigenvalue weighted by molar-refractivity contribution is 0.172. The fraction of sp³-hybridized carbons (Fsp3) is 0.267. The number of hydrogen-bond donors (Lipinski definition) is 1. The van der Waals surface area contributed by atoms with Gasteiger partial charge in [0, 0.05) is 18.6 Å². The molecule has 3 heterocycles. The van der Waals surface area contributed by atoms with Crippen molar-refractivity contribution in [1.29, 1.82) is 0 Å². The number of ether oxygens (including phenoxy) is 2. The molecular formula is C15H14N2O3. The molecule has 0 radical (unpaired) electrons. The number of nitrogens with zero attached hydrogens (tertiary/aromatic N) is 1. The summed E-state index contributed by atoms with van der Waals surface area (Å²) >= 11 is 0. The number of aromatic amines is 1. The van der Waals surface area contributed by atoms with Crippen LogP contribution in [-0.4, -0.2) is 23.2 Å². The second-order valence-corrected chi connectivity index (χ2v) is 4.72. The van der Waals surface area contributed by atoms with Gasteiger partial charge in [0.2, 0.25) is 0 Å². The predicted molar refractivity (Wildman–Crippen MR) is 74.2 cm³/mol. The standard InChI is InChI=1S/C15H14N2O3/c1-2-9-3-4-12(20-9)15-16-10-7-13-14(8-11(10)17-15)19-6-5-18-13/h3-4,7-8H,2,5-6H2,1H3,(H,16,17). The summed E-state index contributed by atoms with van der Waals surface area (Å²) in [5, 5.41) is 0. The van der Waals surface area contributed by atoms with Crippen molar-refractivity contribution in [2.75, 3.05) is 13.2 Å². The summed E-state index contributed by atoms with van der Waals surface area (Å²) in [4.78, 5) is 7.81. The molecule has 1 aromatic carbocycles. The first-order valence-corrected chi connectivity index (χ1v) is 6.72. The first kappa shape index (κ1) is 11.4. The van der Waals surface area contributed by atoms with Crippen molar-refractivity contribution in [3.05, 3.63) is 30.0 Å². The van der Waals surface area contributed by atoms with Crippen molar-refractivity contribution in [2.45, 2.75) is 13.3 Å². The molecule has 3 aromatic rings. The molecule has 0 atom stereocenters. The zero-order chi connectivity index (χ0) is 13.5. The van der Waals surface area contributed by atoms with Crippen LogP contribution in [0.4, 0.5) is 0 Å². The van der Waals surface area contributed by atoms with Crippen LogP contribution >= 0.6 is 0 Å². The number of rotatable bonds is 2. The van der Waals surface area contributed by atoms with Gasteiger partial charge in [-0.1, -0.05) is 6.92 Å². The smallest absolute Gasteiger partial charge is 0.174 e. The van der Waals surface area contributed by atoms with E-state index >= 15 is 0 Å². The van der Waals surface area contributed by atoms with Gasteiger partial charge in [-0.2, -0.15) is 0 Å². The van der Waals surface area contributed by atoms with E-state index in [2.05, 4.69) is 16.9 Å². The number of imidazole rings is 1. The van der Waals surface area contributed by atoms with Crippen molar-refractivity contribution in [3.8, 4) is 23.1 Å². The van der Waals surface area contributed by atoms with E-state index in [1.54, 1.807) is 0 Å². The maximum absolute atomic E-state index is 5.72. The molecule has 1 N–H and O–H groups in total. The Labute approximate surface area is 115 Å². The summed E-state index contributed by atoms with van der Waals surface area (Å²) in [7, 11) is 0. The molecule has 1 aliphatic rings. The van der Waals surface area contributed by atoms with Gasteiger partial charge in [-0.05, 0) is 12.1 Å². The van der Waals surface area contributed by atoms with Crippen LogP contribution in [0.5, 0.6) is 11.5 Å². The molecule has 5 nitrogen and oxygen atoms in total. The average molecular weight is 270 g/mol. The monoisotopic (exact) mass is 270 g/mol. The van der Waals surface area contributed by atoms with Crippen molar-refractivity contribution in [1.82, 2.24) is 9.97 Å². The van der Waals surface area contributed by atoms with E-state index in [4.69, 9.17) is 13.9 Å². The van der Waals surface area contributed by atoms with Crippen LogP contribution in [0.3, 0.4) is 0 Å². The topological polar surface area (TPSA) is 60.3 Å². The Morgan fingerprint density at radius 1 is 1.15 bits per heavy atom. The van der Waals surface area contributed by atoms with Gasteiger partial charge in [0.25, 0.3) is 0 Å². The highest BCUT2D eigenvalue weighted by atomic mass is 16.6. The van der Waals surface area contributed by atoms with Gasteiger partial charge in [0.15, 0.2) is 23.1 Å². The highest BCUT2D eigenvalue weighted by Gasteiger charge is 2.16. The Bertz CT molecular complexity index is 730. The fourth-order valence-electron chi connectivity index (χ4n) is 2.36. The lowest BCUT2D eigenvalue weighted by Crippen LogP contribution is -2.15. The van der Waals surface area contributed by atoms with Crippen LogP contribution in [-0.2, 0) is 6.42 Å². The third-order valence-corrected chi connectivity index (χ3v) is 3.39. The molecule has 0 saturated heterocycles. The number of furan rings is 1. The maximum atomic E-state index is 5.72. The van der Waals surface area contributed by atoms with E-state index in [0.29, 0.717) is 13.2 Å². The number of hydrogen-bond acceptors (Lipinski definition) is 4. The van der Waals surface area contributed by atoms with Crippen LogP contribution in [0, 0.1) is 0 Å². The molecule has 0 saturated carbocycles. The molecule has 0 bridgehead atoms. The number of aromatic nitrogens is 2. The van der Waals surface area contributed by atoms with E-state index in [1.807, 2.05) is 24.3 Å². The fourth-order valence-corrected chi connectivity index (χ4v) is 2.36. The zero-order valence-electron chi connectivity index (χ0n) is 11.1. The number of aryl methyl sites for hydroxylation is 1. The molecule has 102 valence electrons. The minimum Gasteiger partial charge on any atom is -0.486 e. The second-order valence-electron chi connectivity index (χ2n) is 4.72. The summed E-state index contributed by atoms with van der Waals surface area (Å²) in [5.74, 6) is 3.93. The van der Waals surface area contributed by atoms with Gasteiger partial charge in [0.1, 0.15) is 19.0 Å². The van der Waals surface area contributed by atoms with E-state index in [1.165, 1.54) is 0 Å². The predicted octanol–water partition coefficient (Wildman–Crippen LogP) is 3.16. The Morgan fingerprint density at radius 2 is 1.95 bits per heavy atom. The van der Waals surface area contributed by atoms with Gasteiger partial charge in [-0.3, -0.25) is 0 Å². The minimum absolute atomic E-state index is 0.577. The molecule has 0 fully saturated rings. The van der Waals surface area contributed by atoms with E-state index in [0.717, 1.165) is 46.3 Å². The van der Waals surface area contributed by atoms with E-state index in [-0.39, 0.29) is 0 Å². The highest BCUT2D eigenvalue weighted by Crippen LogP contribution is 2.34. The van der Waals surface area contributed by atoms with Crippen LogP contribution in [0.1, 0.15) is 12.7 Å². The second kappa shape index (κ2) is 4.30. The van der Waals surface area contributed by atoms with Crippen molar-refractivity contribution >= 4 is 11.0 Å². The molecular weight excluding hydrogens is 256 g/mol. The number of H-pyrrole nitrogens is 1. The number of benzene rings is 1. The molecule has 0 amide bonds. The average Bonchev–Trinajstić information content (AvgIpc) is 3.10. The van der Waals surface area contributed by atoms with Gasteiger partial charge < -0.3 is 18.9 Å². The van der Waals surface area contributed by atoms with Gasteiger partial charge >= 0.3 is 0 Å². The Morgan fingerprint density at radius 3 is 2.70 bits per heavy atom. The molecule has 0 aliphatic carbocycles. The Hall–Kier alpha value is -2.43. The molecule has 2 aromatic heterocycles. The molecule has 20 heavy (non-hydrogen) atoms. The lowest BCUT2D eigenvalue weighted by Gasteiger charge is -2.17. The summed E-state index contributed by atoms with van der Waals surface area (Å²) < 4.78 is 16.9. The van der Waals surface area contributed by atoms with E-state index in [9.17, 15) is 0 Å². The largest absolute Gasteiger partial charge is 0.486 e. The summed E-state index contributed by atoms with van der Waals surface area (Å²) in [6.45, 7) is 3.22. The Balaban J connectivity index is 1.81. The SMILES string of the molecule is CCc1ccc(-c2nc3cc4c(cc3[nH]2)OCCO4)o1. The first-order chi connectivity index (χ1) is 9.83. The quantitative estimate of drug-likeness (QED) is 0.777. The Kier molecular flexibility index (Phi) is 2.45. The van der Waals surface area contributed by atoms with Gasteiger partial charge in [-0.25, -0.2) is 4.98 Å². The number of fused-ring (bicyclic) bond motifs is 2. The van der Waals surface area contributed by atoms with E-state index < -0.39 is 0 Å². The van der Waals surface area contributed by atoms with Crippen LogP contribution < -0.4 is 9.47 Å². The third kappa shape index (κ3) is 1.74. The first-order valence-electron chi connectivity index (χ1n) is 6.72. The summed E-state index contributed by atoms with van der Waals surface area (Å²) in [5.41, 5.74) is 1.76. The minimum atomic E-state index is 0.577. The summed E-state index contributed by atoms with van der Waals surface area (Å²) in [6.07, 6.45) is 0.871. The molecule has 1 aliphatic heterocycles. The zero-order valence-corrected chi connectivity index (χ0v) is 11.1. The lowest BCUT2D eigenvalue weighted by atomic mass is 10.2. The van der Waals surface area contributed by atoms with Crippen molar-refractivity contribution in [2.24, 2.45) is 0 Å². The maximum Gasteiger partial charge on any atom is 0.174 e. The van der Waals surface area contributed by atoms with Crippen LogP contribution in [0.15, 0.2) is 28.7 Å².